The average Bonchev–Trinajstić information content (AvgIpc) is 3.17. The molecule has 0 saturated heterocycles. The van der Waals surface area contributed by atoms with Gasteiger partial charge >= 0.3 is 12.3 Å². The van der Waals surface area contributed by atoms with Gasteiger partial charge in [0.05, 0.1) is 11.8 Å². The molecule has 0 aromatic rings. The zero-order chi connectivity index (χ0) is 26.3. The van der Waals surface area contributed by atoms with E-state index in [0.29, 0.717) is 39.7 Å². The van der Waals surface area contributed by atoms with Gasteiger partial charge in [0.1, 0.15) is 6.54 Å². The fourth-order valence-electron chi connectivity index (χ4n) is 8.85. The van der Waals surface area contributed by atoms with Gasteiger partial charge < -0.3 is 10.4 Å². The first-order chi connectivity index (χ1) is 16.9. The minimum atomic E-state index is -4.50. The number of halogens is 3. The third-order valence-electron chi connectivity index (χ3n) is 10.7. The molecule has 8 atom stereocenters. The number of aliphatic hydroxyl groups excluding tert-OH is 1. The Labute approximate surface area is 213 Å². The minimum Gasteiger partial charge on any atom is -0.393 e. The highest BCUT2D eigenvalue weighted by molar-refractivity contribution is 5.85. The van der Waals surface area contributed by atoms with E-state index >= 15 is 0 Å². The van der Waals surface area contributed by atoms with E-state index < -0.39 is 18.8 Å². The summed E-state index contributed by atoms with van der Waals surface area (Å²) in [5.41, 5.74) is 1.10. The van der Waals surface area contributed by atoms with E-state index in [-0.39, 0.29) is 30.5 Å². The summed E-state index contributed by atoms with van der Waals surface area (Å²) in [4.78, 5) is 18.2. The van der Waals surface area contributed by atoms with Crippen molar-refractivity contribution >= 4 is 11.8 Å². The predicted octanol–water partition coefficient (Wildman–Crippen LogP) is 5.60. The standard InChI is InChI=1S/C27H44F3N3O3/c1-17(32-36-24(35)33(14-13-31-4)16-27(28,29)30)21-7-8-22-20-6-5-18-15-19(34)9-11-25(18,2)23(20)10-12-26(21,22)3/h18-23,31,34H,5-16H2,1-4H3/b32-17+/t18-,19-,20+,21-,22+,23+,25+,26-/m1/s1. The van der Waals surface area contributed by atoms with Crippen LogP contribution in [0.15, 0.2) is 5.16 Å². The number of hydrogen-bond acceptors (Lipinski definition) is 5. The van der Waals surface area contributed by atoms with E-state index in [0.717, 1.165) is 38.5 Å². The lowest BCUT2D eigenvalue weighted by molar-refractivity contribution is -0.142. The van der Waals surface area contributed by atoms with Gasteiger partial charge in [-0.05, 0) is 106 Å². The molecular weight excluding hydrogens is 471 g/mol. The van der Waals surface area contributed by atoms with Crippen LogP contribution in [0.5, 0.6) is 0 Å². The van der Waals surface area contributed by atoms with Gasteiger partial charge in [0.25, 0.3) is 0 Å². The quantitative estimate of drug-likeness (QED) is 0.274. The zero-order valence-electron chi connectivity index (χ0n) is 22.2. The molecule has 0 spiro atoms. The number of amides is 1. The molecule has 0 bridgehead atoms. The normalized spacial score (nSPS) is 40.7. The van der Waals surface area contributed by atoms with E-state index in [1.165, 1.54) is 19.3 Å². The van der Waals surface area contributed by atoms with E-state index in [1.54, 1.807) is 7.05 Å². The van der Waals surface area contributed by atoms with Crippen molar-refractivity contribution < 1.29 is 27.9 Å². The lowest BCUT2D eigenvalue weighted by Crippen LogP contribution is -2.54. The van der Waals surface area contributed by atoms with Crippen LogP contribution in [0.4, 0.5) is 18.0 Å². The summed E-state index contributed by atoms with van der Waals surface area (Å²) in [6.45, 7) is 5.46. The molecular formula is C27H44F3N3O3. The Kier molecular flexibility index (Phi) is 8.02. The highest BCUT2D eigenvalue weighted by Crippen LogP contribution is 2.67. The number of carbonyl (C=O) groups excluding carboxylic acids is 1. The van der Waals surface area contributed by atoms with Crippen LogP contribution in [0.1, 0.15) is 78.6 Å². The molecule has 36 heavy (non-hydrogen) atoms. The van der Waals surface area contributed by atoms with Crippen LogP contribution in [0.25, 0.3) is 0 Å². The Morgan fingerprint density at radius 2 is 1.78 bits per heavy atom. The second-order valence-electron chi connectivity index (χ2n) is 12.5. The molecule has 0 heterocycles. The summed E-state index contributed by atoms with van der Waals surface area (Å²) in [6.07, 6.45) is 4.05. The van der Waals surface area contributed by atoms with Crippen molar-refractivity contribution in [2.45, 2.75) is 90.8 Å². The van der Waals surface area contributed by atoms with Crippen LogP contribution in [-0.4, -0.2) is 60.8 Å². The van der Waals surface area contributed by atoms with Crippen molar-refractivity contribution in [1.82, 2.24) is 10.2 Å². The number of likely N-dealkylation sites (N-methyl/N-ethyl adjacent to an activating group) is 1. The van der Waals surface area contributed by atoms with Gasteiger partial charge in [0, 0.05) is 19.0 Å². The molecule has 4 fully saturated rings. The predicted molar refractivity (Wildman–Crippen MR) is 132 cm³/mol. The Morgan fingerprint density at radius 1 is 1.08 bits per heavy atom. The SMILES string of the molecule is CNCCN(CC(F)(F)F)C(=O)O/N=C(\C)[C@H]1CC[C@H]2[C@@H]3CC[C@@H]4C[C@H](O)CC[C@]4(C)[C@H]3CC[C@]12C. The van der Waals surface area contributed by atoms with Crippen molar-refractivity contribution in [1.29, 1.82) is 0 Å². The van der Waals surface area contributed by atoms with E-state index in [2.05, 4.69) is 24.3 Å². The van der Waals surface area contributed by atoms with Gasteiger partial charge in [-0.15, -0.1) is 0 Å². The number of oxime groups is 1. The zero-order valence-corrected chi connectivity index (χ0v) is 22.2. The van der Waals surface area contributed by atoms with Crippen LogP contribution in [0.2, 0.25) is 0 Å². The van der Waals surface area contributed by atoms with Crippen molar-refractivity contribution in [2.75, 3.05) is 26.7 Å². The number of hydrogen-bond donors (Lipinski definition) is 2. The molecule has 4 rings (SSSR count). The van der Waals surface area contributed by atoms with E-state index in [1.807, 2.05) is 6.92 Å². The molecule has 4 aliphatic carbocycles. The fraction of sp³-hybridized carbons (Fsp3) is 0.926. The minimum absolute atomic E-state index is 0.0658. The topological polar surface area (TPSA) is 74.2 Å². The molecule has 0 unspecified atom stereocenters. The fourth-order valence-corrected chi connectivity index (χ4v) is 8.85. The summed E-state index contributed by atoms with van der Waals surface area (Å²) >= 11 is 0. The van der Waals surface area contributed by atoms with Gasteiger partial charge in [-0.2, -0.15) is 13.2 Å². The first-order valence-electron chi connectivity index (χ1n) is 13.8. The number of alkyl halides is 3. The van der Waals surface area contributed by atoms with Gasteiger partial charge in [-0.25, -0.2) is 4.79 Å². The third-order valence-corrected chi connectivity index (χ3v) is 10.7. The highest BCUT2D eigenvalue weighted by atomic mass is 19.4. The molecule has 0 aromatic carbocycles. The van der Waals surface area contributed by atoms with Gasteiger partial charge in [0.2, 0.25) is 0 Å². The largest absolute Gasteiger partial charge is 0.436 e. The van der Waals surface area contributed by atoms with Crippen molar-refractivity contribution in [3.8, 4) is 0 Å². The number of nitrogens with zero attached hydrogens (tertiary/aromatic N) is 2. The molecule has 4 aliphatic rings. The Hall–Kier alpha value is -1.35. The smallest absolute Gasteiger partial charge is 0.393 e. The molecule has 0 aromatic heterocycles. The van der Waals surface area contributed by atoms with Crippen LogP contribution in [0.3, 0.4) is 0 Å². The molecule has 0 radical (unpaired) electrons. The van der Waals surface area contributed by atoms with Crippen LogP contribution in [0, 0.1) is 40.4 Å². The Balaban J connectivity index is 1.44. The number of rotatable bonds is 6. The van der Waals surface area contributed by atoms with Crippen molar-refractivity contribution in [3.05, 3.63) is 0 Å². The monoisotopic (exact) mass is 515 g/mol. The van der Waals surface area contributed by atoms with Gasteiger partial charge in [0.15, 0.2) is 0 Å². The summed E-state index contributed by atoms with van der Waals surface area (Å²) in [6, 6.07) is 0. The third kappa shape index (κ3) is 5.29. The summed E-state index contributed by atoms with van der Waals surface area (Å²) in [7, 11) is 1.62. The van der Waals surface area contributed by atoms with E-state index in [4.69, 9.17) is 4.84 Å². The molecule has 206 valence electrons. The number of carbonyl (C=O) groups is 1. The first kappa shape index (κ1) is 27.7. The lowest BCUT2D eigenvalue weighted by atomic mass is 9.44. The van der Waals surface area contributed by atoms with Gasteiger partial charge in [-0.1, -0.05) is 19.0 Å². The van der Waals surface area contributed by atoms with Crippen LogP contribution in [-0.2, 0) is 4.84 Å². The highest BCUT2D eigenvalue weighted by Gasteiger charge is 2.60. The summed E-state index contributed by atoms with van der Waals surface area (Å²) in [5, 5.41) is 17.1. The molecule has 6 nitrogen and oxygen atoms in total. The summed E-state index contributed by atoms with van der Waals surface area (Å²) < 4.78 is 38.8. The molecule has 2 N–H and O–H groups in total. The maximum absolute atomic E-state index is 12.9. The molecule has 4 saturated carbocycles. The van der Waals surface area contributed by atoms with Crippen LogP contribution >= 0.6 is 0 Å². The molecule has 9 heteroatoms. The Morgan fingerprint density at radius 3 is 2.47 bits per heavy atom. The molecule has 0 aliphatic heterocycles. The number of aliphatic hydroxyl groups is 1. The molecule has 1 amide bonds. The summed E-state index contributed by atoms with van der Waals surface area (Å²) in [5.74, 6) is 2.74. The van der Waals surface area contributed by atoms with E-state index in [9.17, 15) is 23.1 Å². The lowest BCUT2D eigenvalue weighted by Gasteiger charge is -2.61. The van der Waals surface area contributed by atoms with Gasteiger partial charge in [-0.3, -0.25) is 9.74 Å². The van der Waals surface area contributed by atoms with Crippen LogP contribution < -0.4 is 5.32 Å². The maximum Gasteiger partial charge on any atom is 0.436 e. The second kappa shape index (κ2) is 10.4. The second-order valence-corrected chi connectivity index (χ2v) is 12.5. The first-order valence-corrected chi connectivity index (χ1v) is 13.8. The van der Waals surface area contributed by atoms with Crippen molar-refractivity contribution in [3.63, 3.8) is 0 Å². The Bertz CT molecular complexity index is 837. The average molecular weight is 516 g/mol. The van der Waals surface area contributed by atoms with Crippen molar-refractivity contribution in [2.24, 2.45) is 45.6 Å². The number of nitrogens with one attached hydrogen (secondary N) is 1. The maximum atomic E-state index is 12.9. The number of fused-ring (bicyclic) bond motifs is 5.